The van der Waals surface area contributed by atoms with E-state index in [0.717, 1.165) is 48.3 Å². The first-order valence-corrected chi connectivity index (χ1v) is 8.32. The summed E-state index contributed by atoms with van der Waals surface area (Å²) in [5, 5.41) is 8.61. The van der Waals surface area contributed by atoms with Crippen LogP contribution in [0, 0.1) is 13.8 Å². The molecule has 0 radical (unpaired) electrons. The van der Waals surface area contributed by atoms with Crippen molar-refractivity contribution in [1.82, 2.24) is 19.9 Å². The minimum atomic E-state index is -0.425. The number of benzene rings is 1. The maximum absolute atomic E-state index is 6.39. The Hall–Kier alpha value is -2.47. The highest BCUT2D eigenvalue weighted by molar-refractivity contribution is 5.55. The molecule has 2 N–H and O–H groups in total. The van der Waals surface area contributed by atoms with E-state index in [4.69, 9.17) is 10.3 Å². The van der Waals surface area contributed by atoms with E-state index in [0.29, 0.717) is 11.7 Å². The van der Waals surface area contributed by atoms with Gasteiger partial charge in [0.1, 0.15) is 0 Å². The van der Waals surface area contributed by atoms with Crippen molar-refractivity contribution in [2.75, 3.05) is 0 Å². The fourth-order valence-corrected chi connectivity index (χ4v) is 3.41. The zero-order valence-electron chi connectivity index (χ0n) is 14.0. The lowest BCUT2D eigenvalue weighted by atomic mass is 9.99. The summed E-state index contributed by atoms with van der Waals surface area (Å²) < 4.78 is 7.36. The van der Waals surface area contributed by atoms with Crippen molar-refractivity contribution in [2.24, 2.45) is 5.73 Å². The molecule has 0 atom stereocenters. The Kier molecular flexibility index (Phi) is 3.49. The number of aryl methyl sites for hydroxylation is 2. The van der Waals surface area contributed by atoms with Gasteiger partial charge in [-0.3, -0.25) is 0 Å². The highest BCUT2D eigenvalue weighted by atomic mass is 16.5. The second kappa shape index (κ2) is 5.56. The van der Waals surface area contributed by atoms with E-state index in [9.17, 15) is 0 Å². The lowest BCUT2D eigenvalue weighted by Gasteiger charge is -2.17. The molecule has 0 saturated heterocycles. The molecule has 1 fully saturated rings. The Morgan fingerprint density at radius 1 is 1.12 bits per heavy atom. The van der Waals surface area contributed by atoms with Gasteiger partial charge >= 0.3 is 0 Å². The van der Waals surface area contributed by atoms with Crippen LogP contribution in [0.4, 0.5) is 0 Å². The maximum atomic E-state index is 6.39. The molecule has 6 heteroatoms. The number of nitrogens with two attached hydrogens (primary N) is 1. The standard InChI is InChI=1S/C18H21N5O/c1-12-11-13(2)23(21-12)15-7-5-14(6-8-15)16-20-17(22-24-16)18(19)9-3-4-10-18/h5-8,11H,3-4,9-10,19H2,1-2H3. The molecule has 3 aromatic rings. The maximum Gasteiger partial charge on any atom is 0.257 e. The topological polar surface area (TPSA) is 82.8 Å². The van der Waals surface area contributed by atoms with Gasteiger partial charge in [0.25, 0.3) is 5.89 Å². The number of hydrogen-bond acceptors (Lipinski definition) is 5. The van der Waals surface area contributed by atoms with E-state index in [1.54, 1.807) is 0 Å². The molecular formula is C18H21N5O. The van der Waals surface area contributed by atoms with Crippen molar-refractivity contribution in [1.29, 1.82) is 0 Å². The van der Waals surface area contributed by atoms with E-state index < -0.39 is 5.54 Å². The van der Waals surface area contributed by atoms with Crippen LogP contribution in [0.2, 0.25) is 0 Å². The number of rotatable bonds is 3. The quantitative estimate of drug-likeness (QED) is 0.800. The molecule has 4 rings (SSSR count). The van der Waals surface area contributed by atoms with Crippen molar-refractivity contribution in [3.8, 4) is 17.1 Å². The lowest BCUT2D eigenvalue weighted by molar-refractivity contribution is 0.372. The minimum absolute atomic E-state index is 0.425. The highest BCUT2D eigenvalue weighted by Gasteiger charge is 2.36. The van der Waals surface area contributed by atoms with Gasteiger partial charge in [0.15, 0.2) is 5.82 Å². The van der Waals surface area contributed by atoms with Crippen LogP contribution < -0.4 is 5.73 Å². The average molecular weight is 323 g/mol. The van der Waals surface area contributed by atoms with E-state index in [1.807, 2.05) is 42.8 Å². The molecule has 1 aliphatic rings. The zero-order valence-corrected chi connectivity index (χ0v) is 14.0. The van der Waals surface area contributed by atoms with Gasteiger partial charge in [0.05, 0.1) is 16.9 Å². The van der Waals surface area contributed by atoms with Gasteiger partial charge in [0, 0.05) is 11.3 Å². The predicted octanol–water partition coefficient (Wildman–Crippen LogP) is 3.27. The van der Waals surface area contributed by atoms with Gasteiger partial charge < -0.3 is 10.3 Å². The summed E-state index contributed by atoms with van der Waals surface area (Å²) in [5.74, 6) is 1.14. The van der Waals surface area contributed by atoms with Crippen molar-refractivity contribution < 1.29 is 4.52 Å². The number of aromatic nitrogens is 4. The first-order valence-electron chi connectivity index (χ1n) is 8.32. The molecule has 24 heavy (non-hydrogen) atoms. The molecule has 1 aliphatic carbocycles. The summed E-state index contributed by atoms with van der Waals surface area (Å²) in [7, 11) is 0. The van der Waals surface area contributed by atoms with Gasteiger partial charge in [-0.2, -0.15) is 10.1 Å². The van der Waals surface area contributed by atoms with E-state index in [2.05, 4.69) is 21.3 Å². The number of nitrogens with zero attached hydrogens (tertiary/aromatic N) is 4. The molecule has 0 unspecified atom stereocenters. The Balaban J connectivity index is 1.61. The summed E-state index contributed by atoms with van der Waals surface area (Å²) in [4.78, 5) is 4.53. The van der Waals surface area contributed by atoms with Crippen LogP contribution in [-0.2, 0) is 5.54 Å². The van der Waals surface area contributed by atoms with Crippen molar-refractivity contribution in [3.05, 3.63) is 47.5 Å². The third kappa shape index (κ3) is 2.53. The second-order valence-electron chi connectivity index (χ2n) is 6.67. The van der Waals surface area contributed by atoms with Crippen LogP contribution in [0.3, 0.4) is 0 Å². The van der Waals surface area contributed by atoms with E-state index >= 15 is 0 Å². The molecule has 124 valence electrons. The normalized spacial score (nSPS) is 16.6. The van der Waals surface area contributed by atoms with Crippen LogP contribution in [0.1, 0.15) is 42.9 Å². The van der Waals surface area contributed by atoms with Crippen molar-refractivity contribution in [2.45, 2.75) is 45.1 Å². The summed E-state index contributed by atoms with van der Waals surface area (Å²) in [6, 6.07) is 10.0. The van der Waals surface area contributed by atoms with E-state index in [1.165, 1.54) is 0 Å². The molecule has 2 aromatic heterocycles. The fraction of sp³-hybridized carbons (Fsp3) is 0.389. The van der Waals surface area contributed by atoms with Crippen LogP contribution >= 0.6 is 0 Å². The van der Waals surface area contributed by atoms with Crippen LogP contribution in [0.5, 0.6) is 0 Å². The Bertz CT molecular complexity index is 856. The Morgan fingerprint density at radius 2 is 1.83 bits per heavy atom. The summed E-state index contributed by atoms with van der Waals surface area (Å²) in [6.45, 7) is 4.03. The Labute approximate surface area is 140 Å². The van der Waals surface area contributed by atoms with Gasteiger partial charge in [-0.05, 0) is 57.0 Å². The van der Waals surface area contributed by atoms with Crippen LogP contribution in [-0.4, -0.2) is 19.9 Å². The molecule has 0 aliphatic heterocycles. The third-order valence-electron chi connectivity index (χ3n) is 4.74. The Morgan fingerprint density at radius 3 is 2.46 bits per heavy atom. The summed E-state index contributed by atoms with van der Waals surface area (Å²) in [5.41, 5.74) is 9.97. The van der Waals surface area contributed by atoms with Crippen molar-refractivity contribution in [3.63, 3.8) is 0 Å². The van der Waals surface area contributed by atoms with Gasteiger partial charge in [-0.25, -0.2) is 4.68 Å². The first-order chi connectivity index (χ1) is 11.5. The fourth-order valence-electron chi connectivity index (χ4n) is 3.41. The first kappa shape index (κ1) is 15.1. The zero-order chi connectivity index (χ0) is 16.7. The van der Waals surface area contributed by atoms with Gasteiger partial charge in [0.2, 0.25) is 0 Å². The highest BCUT2D eigenvalue weighted by Crippen LogP contribution is 2.35. The van der Waals surface area contributed by atoms with Crippen LogP contribution in [0.15, 0.2) is 34.9 Å². The molecule has 1 aromatic carbocycles. The predicted molar refractivity (Wildman–Crippen MR) is 90.7 cm³/mol. The molecule has 0 bridgehead atoms. The SMILES string of the molecule is Cc1cc(C)n(-c2ccc(-c3nc(C4(N)CCCC4)no3)cc2)n1. The molecule has 1 saturated carbocycles. The lowest BCUT2D eigenvalue weighted by Crippen LogP contribution is -2.34. The summed E-state index contributed by atoms with van der Waals surface area (Å²) >= 11 is 0. The smallest absolute Gasteiger partial charge is 0.257 e. The van der Waals surface area contributed by atoms with Gasteiger partial charge in [-0.15, -0.1) is 0 Å². The molecule has 0 amide bonds. The molecule has 6 nitrogen and oxygen atoms in total. The molecular weight excluding hydrogens is 302 g/mol. The largest absolute Gasteiger partial charge is 0.334 e. The van der Waals surface area contributed by atoms with Gasteiger partial charge in [-0.1, -0.05) is 18.0 Å². The molecule has 2 heterocycles. The molecule has 0 spiro atoms. The van der Waals surface area contributed by atoms with E-state index in [-0.39, 0.29) is 0 Å². The average Bonchev–Trinajstić information content (AvgIpc) is 3.28. The third-order valence-corrected chi connectivity index (χ3v) is 4.74. The number of hydrogen-bond donors (Lipinski definition) is 1. The summed E-state index contributed by atoms with van der Waals surface area (Å²) in [6.07, 6.45) is 4.08. The van der Waals surface area contributed by atoms with Crippen LogP contribution in [0.25, 0.3) is 17.1 Å². The minimum Gasteiger partial charge on any atom is -0.334 e. The second-order valence-corrected chi connectivity index (χ2v) is 6.67. The monoisotopic (exact) mass is 323 g/mol. The van der Waals surface area contributed by atoms with Crippen molar-refractivity contribution >= 4 is 0 Å².